The minimum atomic E-state index is -0.733. The highest BCUT2D eigenvalue weighted by Gasteiger charge is 2.21. The van der Waals surface area contributed by atoms with Gasteiger partial charge in [0.1, 0.15) is 11.3 Å². The predicted molar refractivity (Wildman–Crippen MR) is 83.2 cm³/mol. The van der Waals surface area contributed by atoms with Gasteiger partial charge in [0.15, 0.2) is 0 Å². The van der Waals surface area contributed by atoms with Crippen LogP contribution in [0.5, 0.6) is 5.75 Å². The van der Waals surface area contributed by atoms with Gasteiger partial charge >= 0.3 is 5.97 Å². The van der Waals surface area contributed by atoms with E-state index < -0.39 is 10.9 Å². The van der Waals surface area contributed by atoms with E-state index in [2.05, 4.69) is 13.8 Å². The maximum atomic E-state index is 12.1. The van der Waals surface area contributed by atoms with Crippen molar-refractivity contribution in [1.82, 2.24) is 0 Å². The molecule has 0 aliphatic rings. The number of carbonyl (C=O) groups is 1. The summed E-state index contributed by atoms with van der Waals surface area (Å²) in [6, 6.07) is 12.9. The lowest BCUT2D eigenvalue weighted by Crippen LogP contribution is -2.11. The van der Waals surface area contributed by atoms with Crippen molar-refractivity contribution in [1.29, 1.82) is 0 Å². The van der Waals surface area contributed by atoms with Crippen molar-refractivity contribution in [2.24, 2.45) is 0 Å². The summed E-state index contributed by atoms with van der Waals surface area (Å²) in [5.74, 6) is 0.0683. The molecule has 0 saturated carbocycles. The van der Waals surface area contributed by atoms with E-state index in [-0.39, 0.29) is 11.3 Å². The van der Waals surface area contributed by atoms with Crippen LogP contribution in [-0.4, -0.2) is 10.9 Å². The number of hydrogen-bond acceptors (Lipinski definition) is 4. The number of ether oxygens (including phenoxy) is 1. The minimum absolute atomic E-state index is 0.0569. The van der Waals surface area contributed by atoms with Crippen molar-refractivity contribution in [3.63, 3.8) is 0 Å². The summed E-state index contributed by atoms with van der Waals surface area (Å²) < 4.78 is 5.22. The van der Waals surface area contributed by atoms with Crippen LogP contribution >= 0.6 is 0 Å². The lowest BCUT2D eigenvalue weighted by atomic mass is 9.99. The molecule has 0 heterocycles. The van der Waals surface area contributed by atoms with Gasteiger partial charge in [0.05, 0.1) is 4.92 Å². The zero-order valence-corrected chi connectivity index (χ0v) is 12.5. The van der Waals surface area contributed by atoms with Crippen LogP contribution in [0.1, 0.15) is 42.1 Å². The van der Waals surface area contributed by atoms with Crippen LogP contribution in [0.25, 0.3) is 0 Å². The Hall–Kier alpha value is -2.69. The number of benzene rings is 2. The highest BCUT2D eigenvalue weighted by molar-refractivity contribution is 5.95. The number of nitro benzene ring substituents is 1. The zero-order chi connectivity index (χ0) is 16.1. The Morgan fingerprint density at radius 1 is 1.18 bits per heavy atom. The van der Waals surface area contributed by atoms with Gasteiger partial charge in [-0.1, -0.05) is 38.1 Å². The molecule has 0 radical (unpaired) electrons. The van der Waals surface area contributed by atoms with Crippen molar-refractivity contribution < 1.29 is 14.5 Å². The Bertz CT molecular complexity index is 679. The molecule has 0 fully saturated rings. The lowest BCUT2D eigenvalue weighted by Gasteiger charge is -2.10. The van der Waals surface area contributed by atoms with Crippen LogP contribution in [0.3, 0.4) is 0 Å². The monoisotopic (exact) mass is 299 g/mol. The van der Waals surface area contributed by atoms with Crippen LogP contribution in [0, 0.1) is 10.1 Å². The molecule has 0 aliphatic carbocycles. The highest BCUT2D eigenvalue weighted by atomic mass is 16.6. The van der Waals surface area contributed by atoms with E-state index in [4.69, 9.17) is 4.74 Å². The first-order valence-electron chi connectivity index (χ1n) is 7.08. The minimum Gasteiger partial charge on any atom is -0.423 e. The molecule has 0 spiro atoms. The Morgan fingerprint density at radius 3 is 2.41 bits per heavy atom. The number of para-hydroxylation sites is 1. The molecule has 1 atom stereocenters. The first-order valence-corrected chi connectivity index (χ1v) is 7.08. The van der Waals surface area contributed by atoms with Crippen molar-refractivity contribution in [2.75, 3.05) is 0 Å². The lowest BCUT2D eigenvalue weighted by molar-refractivity contribution is -0.385. The summed E-state index contributed by atoms with van der Waals surface area (Å²) in [4.78, 5) is 22.4. The van der Waals surface area contributed by atoms with E-state index in [1.54, 1.807) is 18.2 Å². The van der Waals surface area contributed by atoms with Gasteiger partial charge in [-0.15, -0.1) is 0 Å². The number of esters is 1. The fourth-order valence-corrected chi connectivity index (χ4v) is 2.07. The molecule has 0 amide bonds. The van der Waals surface area contributed by atoms with E-state index in [0.29, 0.717) is 11.7 Å². The van der Waals surface area contributed by atoms with Gasteiger partial charge in [0, 0.05) is 6.07 Å². The topological polar surface area (TPSA) is 69.4 Å². The third kappa shape index (κ3) is 3.49. The Kier molecular flexibility index (Phi) is 4.88. The van der Waals surface area contributed by atoms with Crippen molar-refractivity contribution >= 4 is 11.7 Å². The van der Waals surface area contributed by atoms with Crippen LogP contribution in [0.15, 0.2) is 48.5 Å². The fraction of sp³-hybridized carbons (Fsp3) is 0.235. The molecule has 5 heteroatoms. The van der Waals surface area contributed by atoms with Gasteiger partial charge in [-0.2, -0.15) is 0 Å². The molecule has 1 unspecified atom stereocenters. The van der Waals surface area contributed by atoms with Crippen molar-refractivity contribution in [3.8, 4) is 5.75 Å². The molecule has 0 N–H and O–H groups in total. The summed E-state index contributed by atoms with van der Waals surface area (Å²) >= 11 is 0. The molecule has 0 aliphatic heterocycles. The van der Waals surface area contributed by atoms with Gasteiger partial charge in [0.2, 0.25) is 0 Å². The molecule has 5 nitrogen and oxygen atoms in total. The van der Waals surface area contributed by atoms with E-state index >= 15 is 0 Å². The second kappa shape index (κ2) is 6.85. The molecule has 0 saturated heterocycles. The number of nitro groups is 1. The molecule has 2 aromatic rings. The van der Waals surface area contributed by atoms with Gasteiger partial charge in [-0.25, -0.2) is 4.79 Å². The molecule has 2 rings (SSSR count). The van der Waals surface area contributed by atoms with Gasteiger partial charge < -0.3 is 4.74 Å². The summed E-state index contributed by atoms with van der Waals surface area (Å²) in [5, 5.41) is 10.9. The summed E-state index contributed by atoms with van der Waals surface area (Å²) in [6.45, 7) is 4.22. The fourth-order valence-electron chi connectivity index (χ4n) is 2.07. The van der Waals surface area contributed by atoms with Crippen LogP contribution in [0.4, 0.5) is 5.69 Å². The molecule has 0 aromatic heterocycles. The first kappa shape index (κ1) is 15.7. The summed E-state index contributed by atoms with van der Waals surface area (Å²) in [7, 11) is 0. The molecular weight excluding hydrogens is 282 g/mol. The maximum Gasteiger partial charge on any atom is 0.350 e. The average Bonchev–Trinajstić information content (AvgIpc) is 2.54. The number of rotatable bonds is 5. The molecular formula is C17H17NO4. The number of nitrogens with zero attached hydrogens (tertiary/aromatic N) is 1. The van der Waals surface area contributed by atoms with E-state index in [1.807, 2.05) is 12.1 Å². The first-order chi connectivity index (χ1) is 10.5. The van der Waals surface area contributed by atoms with Crippen molar-refractivity contribution in [3.05, 3.63) is 69.8 Å². The second-order valence-corrected chi connectivity index (χ2v) is 5.04. The Balaban J connectivity index is 2.17. The van der Waals surface area contributed by atoms with Gasteiger partial charge in [-0.05, 0) is 36.1 Å². The second-order valence-electron chi connectivity index (χ2n) is 5.04. The van der Waals surface area contributed by atoms with Crippen LogP contribution in [-0.2, 0) is 0 Å². The summed E-state index contributed by atoms with van der Waals surface area (Å²) in [5.41, 5.74) is 0.843. The number of carbonyl (C=O) groups excluding carboxylic acids is 1. The summed E-state index contributed by atoms with van der Waals surface area (Å²) in [6.07, 6.45) is 1.02. The largest absolute Gasteiger partial charge is 0.423 e. The van der Waals surface area contributed by atoms with E-state index in [1.165, 1.54) is 18.2 Å². The van der Waals surface area contributed by atoms with Crippen LogP contribution < -0.4 is 4.74 Å². The van der Waals surface area contributed by atoms with Crippen LogP contribution in [0.2, 0.25) is 0 Å². The molecule has 22 heavy (non-hydrogen) atoms. The van der Waals surface area contributed by atoms with E-state index in [9.17, 15) is 14.9 Å². The predicted octanol–water partition coefficient (Wildman–Crippen LogP) is 4.33. The standard InChI is InChI=1S/C17H17NO4/c1-3-12(2)13-8-10-14(11-9-13)22-17(19)15-6-4-5-7-16(15)18(20)21/h4-12H,3H2,1-2H3. The van der Waals surface area contributed by atoms with Crippen molar-refractivity contribution in [2.45, 2.75) is 26.2 Å². The third-order valence-corrected chi connectivity index (χ3v) is 3.59. The Morgan fingerprint density at radius 2 is 1.82 bits per heavy atom. The Labute approximate surface area is 128 Å². The highest BCUT2D eigenvalue weighted by Crippen LogP contribution is 2.23. The maximum absolute atomic E-state index is 12.1. The third-order valence-electron chi connectivity index (χ3n) is 3.59. The molecule has 114 valence electrons. The number of hydrogen-bond donors (Lipinski definition) is 0. The average molecular weight is 299 g/mol. The quantitative estimate of drug-likeness (QED) is 0.356. The molecule has 0 bridgehead atoms. The van der Waals surface area contributed by atoms with Gasteiger partial charge in [0.25, 0.3) is 5.69 Å². The zero-order valence-electron chi connectivity index (χ0n) is 12.5. The smallest absolute Gasteiger partial charge is 0.350 e. The molecule has 2 aromatic carbocycles. The van der Waals surface area contributed by atoms with Gasteiger partial charge in [-0.3, -0.25) is 10.1 Å². The SMILES string of the molecule is CCC(C)c1ccc(OC(=O)c2ccccc2[N+](=O)[O-])cc1. The normalized spacial score (nSPS) is 11.7. The van der Waals surface area contributed by atoms with E-state index in [0.717, 1.165) is 12.0 Å².